The molecule has 4 N–H and O–H groups in total. The van der Waals surface area contributed by atoms with Crippen LogP contribution in [0.2, 0.25) is 0 Å². The molecule has 0 aliphatic carbocycles. The molecule has 1 amide bonds. The monoisotopic (exact) mass is 420 g/mol. The number of primary amides is 1. The SMILES string of the molecule is CC(C)C(c1ccc(C(N)=O)c(F)c1C(=O)c1c[nH]c2ncncc12)S(=O)(=O)O. The average molecular weight is 420 g/mol. The van der Waals surface area contributed by atoms with Gasteiger partial charge in [-0.1, -0.05) is 19.9 Å². The first-order valence-corrected chi connectivity index (χ1v) is 9.94. The average Bonchev–Trinajstić information content (AvgIpc) is 3.03. The molecular formula is C18H17FN4O5S. The summed E-state index contributed by atoms with van der Waals surface area (Å²) in [4.78, 5) is 35.4. The second-order valence-electron chi connectivity index (χ2n) is 6.75. The predicted molar refractivity (Wildman–Crippen MR) is 101 cm³/mol. The second-order valence-corrected chi connectivity index (χ2v) is 8.29. The van der Waals surface area contributed by atoms with Gasteiger partial charge >= 0.3 is 0 Å². The highest BCUT2D eigenvalue weighted by molar-refractivity contribution is 7.86. The summed E-state index contributed by atoms with van der Waals surface area (Å²) in [6.45, 7) is 2.98. The fourth-order valence-corrected chi connectivity index (χ4v) is 4.50. The number of hydrogen-bond donors (Lipinski definition) is 3. The van der Waals surface area contributed by atoms with E-state index in [0.29, 0.717) is 5.65 Å². The van der Waals surface area contributed by atoms with Gasteiger partial charge in [-0.15, -0.1) is 0 Å². The Morgan fingerprint density at radius 1 is 1.24 bits per heavy atom. The van der Waals surface area contributed by atoms with Gasteiger partial charge in [0.25, 0.3) is 16.0 Å². The zero-order valence-corrected chi connectivity index (χ0v) is 16.2. The van der Waals surface area contributed by atoms with Crippen LogP contribution >= 0.6 is 0 Å². The Hall–Kier alpha value is -3.18. The Morgan fingerprint density at radius 2 is 1.93 bits per heavy atom. The lowest BCUT2D eigenvalue weighted by molar-refractivity contribution is 0.0996. The van der Waals surface area contributed by atoms with Gasteiger partial charge in [0.1, 0.15) is 23.0 Å². The van der Waals surface area contributed by atoms with Gasteiger partial charge in [-0.3, -0.25) is 14.1 Å². The van der Waals surface area contributed by atoms with Crippen LogP contribution in [-0.2, 0) is 10.1 Å². The first-order chi connectivity index (χ1) is 13.5. The minimum atomic E-state index is -4.70. The van der Waals surface area contributed by atoms with Gasteiger partial charge in [-0.25, -0.2) is 14.4 Å². The number of nitrogens with zero attached hydrogens (tertiary/aromatic N) is 2. The summed E-state index contributed by atoms with van der Waals surface area (Å²) >= 11 is 0. The molecule has 3 aromatic rings. The molecule has 1 unspecified atom stereocenters. The van der Waals surface area contributed by atoms with Gasteiger partial charge in [0.2, 0.25) is 0 Å². The molecule has 3 rings (SSSR count). The Labute approximate surface area is 164 Å². The molecule has 2 aromatic heterocycles. The number of rotatable bonds is 6. The molecule has 152 valence electrons. The van der Waals surface area contributed by atoms with Crippen LogP contribution in [0.3, 0.4) is 0 Å². The second kappa shape index (κ2) is 7.33. The lowest BCUT2D eigenvalue weighted by Gasteiger charge is -2.21. The summed E-state index contributed by atoms with van der Waals surface area (Å²) in [5.74, 6) is -4.00. The molecule has 0 fully saturated rings. The topological polar surface area (TPSA) is 156 Å². The molecule has 1 atom stereocenters. The number of H-pyrrole nitrogens is 1. The van der Waals surface area contributed by atoms with E-state index in [1.54, 1.807) is 0 Å². The molecule has 0 aliphatic rings. The third-order valence-corrected chi connectivity index (χ3v) is 5.94. The van der Waals surface area contributed by atoms with Crippen molar-refractivity contribution in [2.45, 2.75) is 19.1 Å². The number of ketones is 1. The number of carbonyl (C=O) groups excluding carboxylic acids is 2. The van der Waals surface area contributed by atoms with Crippen molar-refractivity contribution in [3.63, 3.8) is 0 Å². The minimum Gasteiger partial charge on any atom is -0.366 e. The third-order valence-electron chi connectivity index (χ3n) is 4.50. The van der Waals surface area contributed by atoms with Crippen LogP contribution < -0.4 is 5.73 Å². The quantitative estimate of drug-likeness (QED) is 0.407. The number of amides is 1. The molecule has 0 radical (unpaired) electrons. The number of halogens is 1. The number of nitrogens with one attached hydrogen (secondary N) is 1. The fraction of sp³-hybridized carbons (Fsp3) is 0.222. The lowest BCUT2D eigenvalue weighted by Crippen LogP contribution is -2.24. The van der Waals surface area contributed by atoms with E-state index in [1.807, 2.05) is 0 Å². The van der Waals surface area contributed by atoms with Crippen molar-refractivity contribution in [1.82, 2.24) is 15.0 Å². The van der Waals surface area contributed by atoms with E-state index < -0.39 is 49.9 Å². The van der Waals surface area contributed by atoms with Crippen molar-refractivity contribution in [3.8, 4) is 0 Å². The molecule has 29 heavy (non-hydrogen) atoms. The van der Waals surface area contributed by atoms with Crippen molar-refractivity contribution >= 4 is 32.8 Å². The van der Waals surface area contributed by atoms with Crippen LogP contribution in [0.1, 0.15) is 50.9 Å². The standard InChI is InChI=1S/C18H17FN4O5S/c1-8(2)16(29(26,27)28)9-3-4-10(17(20)25)14(19)13(9)15(24)11-6-22-18-12(11)5-21-7-23-18/h3-8,16H,1-2H3,(H2,20,25)(H,21,22,23)(H,26,27,28). The number of fused-ring (bicyclic) bond motifs is 1. The van der Waals surface area contributed by atoms with Crippen LogP contribution in [0, 0.1) is 11.7 Å². The van der Waals surface area contributed by atoms with E-state index in [4.69, 9.17) is 5.73 Å². The maximum atomic E-state index is 15.2. The Bertz CT molecular complexity index is 1240. The molecule has 0 saturated heterocycles. The summed E-state index contributed by atoms with van der Waals surface area (Å²) in [6, 6.07) is 2.10. The minimum absolute atomic E-state index is 0.0276. The van der Waals surface area contributed by atoms with Gasteiger partial charge in [0, 0.05) is 17.8 Å². The first-order valence-electron chi connectivity index (χ1n) is 8.44. The maximum Gasteiger partial charge on any atom is 0.272 e. The van der Waals surface area contributed by atoms with E-state index in [9.17, 15) is 22.6 Å². The van der Waals surface area contributed by atoms with E-state index in [-0.39, 0.29) is 16.5 Å². The van der Waals surface area contributed by atoms with E-state index in [0.717, 1.165) is 12.1 Å². The van der Waals surface area contributed by atoms with Crippen LogP contribution in [-0.4, -0.2) is 39.6 Å². The molecular weight excluding hydrogens is 403 g/mol. The summed E-state index contributed by atoms with van der Waals surface area (Å²) in [5, 5.41) is -1.32. The number of carbonyl (C=O) groups is 2. The van der Waals surface area contributed by atoms with Crippen LogP contribution in [0.15, 0.2) is 30.9 Å². The maximum absolute atomic E-state index is 15.2. The zero-order chi connectivity index (χ0) is 21.5. The van der Waals surface area contributed by atoms with Crippen molar-refractivity contribution in [2.24, 2.45) is 11.7 Å². The first kappa shape index (κ1) is 20.6. The number of nitrogens with two attached hydrogens (primary N) is 1. The molecule has 1 aromatic carbocycles. The molecule has 2 heterocycles. The van der Waals surface area contributed by atoms with Gasteiger partial charge < -0.3 is 10.7 Å². The van der Waals surface area contributed by atoms with Gasteiger partial charge in [0.05, 0.1) is 16.7 Å². The van der Waals surface area contributed by atoms with E-state index >= 15 is 4.39 Å². The number of hydrogen-bond acceptors (Lipinski definition) is 6. The van der Waals surface area contributed by atoms with Gasteiger partial charge in [-0.2, -0.15) is 8.42 Å². The van der Waals surface area contributed by atoms with Crippen LogP contribution in [0.5, 0.6) is 0 Å². The smallest absolute Gasteiger partial charge is 0.272 e. The molecule has 11 heteroatoms. The van der Waals surface area contributed by atoms with E-state index in [1.165, 1.54) is 32.6 Å². The van der Waals surface area contributed by atoms with Crippen molar-refractivity contribution in [3.05, 3.63) is 58.9 Å². The molecule has 9 nitrogen and oxygen atoms in total. The number of benzene rings is 1. The van der Waals surface area contributed by atoms with Gasteiger partial charge in [0.15, 0.2) is 5.78 Å². The predicted octanol–water partition coefficient (Wildman–Crippen LogP) is 2.01. The number of aromatic nitrogens is 3. The van der Waals surface area contributed by atoms with Crippen molar-refractivity contribution in [1.29, 1.82) is 0 Å². The van der Waals surface area contributed by atoms with Crippen LogP contribution in [0.4, 0.5) is 4.39 Å². The Morgan fingerprint density at radius 3 is 2.52 bits per heavy atom. The Kier molecular flexibility index (Phi) is 5.20. The lowest BCUT2D eigenvalue weighted by atomic mass is 9.90. The fourth-order valence-electron chi connectivity index (χ4n) is 3.30. The summed E-state index contributed by atoms with van der Waals surface area (Å²) in [7, 11) is -4.70. The summed E-state index contributed by atoms with van der Waals surface area (Å²) in [5.41, 5.74) is 3.95. The highest BCUT2D eigenvalue weighted by Gasteiger charge is 2.35. The normalized spacial score (nSPS) is 13.0. The summed E-state index contributed by atoms with van der Waals surface area (Å²) in [6.07, 6.45) is 3.86. The Balaban J connectivity index is 2.34. The summed E-state index contributed by atoms with van der Waals surface area (Å²) < 4.78 is 48.9. The number of aromatic amines is 1. The highest BCUT2D eigenvalue weighted by Crippen LogP contribution is 2.35. The van der Waals surface area contributed by atoms with Crippen molar-refractivity contribution < 1.29 is 27.0 Å². The van der Waals surface area contributed by atoms with E-state index in [2.05, 4.69) is 15.0 Å². The largest absolute Gasteiger partial charge is 0.366 e. The molecule has 0 aliphatic heterocycles. The van der Waals surface area contributed by atoms with Gasteiger partial charge in [-0.05, 0) is 17.5 Å². The molecule has 0 bridgehead atoms. The van der Waals surface area contributed by atoms with Crippen LogP contribution in [0.25, 0.3) is 11.0 Å². The van der Waals surface area contributed by atoms with Crippen molar-refractivity contribution in [2.75, 3.05) is 0 Å². The highest BCUT2D eigenvalue weighted by atomic mass is 32.2. The molecule has 0 saturated carbocycles. The molecule has 0 spiro atoms. The third kappa shape index (κ3) is 3.61. The zero-order valence-electron chi connectivity index (χ0n) is 15.4.